The molecule has 0 spiro atoms. The molecule has 2 heteroatoms. The van der Waals surface area contributed by atoms with E-state index in [1.54, 1.807) is 0 Å². The molecular formula is C20H44OSi. The summed E-state index contributed by atoms with van der Waals surface area (Å²) in [6, 6.07) is 0. The van der Waals surface area contributed by atoms with Gasteiger partial charge in [0.1, 0.15) is 10.5 Å². The van der Waals surface area contributed by atoms with Crippen LogP contribution in [0.15, 0.2) is 0 Å². The third-order valence-electron chi connectivity index (χ3n) is 5.13. The fourth-order valence-corrected chi connectivity index (χ4v) is 4.29. The van der Waals surface area contributed by atoms with Crippen LogP contribution in [0.5, 0.6) is 0 Å². The Bertz CT molecular complexity index is 186. The average Bonchev–Trinajstić information content (AvgIpc) is 2.53. The summed E-state index contributed by atoms with van der Waals surface area (Å²) in [4.78, 5) is 0. The Kier molecular flexibility index (Phi) is 16.2. The van der Waals surface area contributed by atoms with Gasteiger partial charge in [-0.2, -0.15) is 0 Å². The Hall–Kier alpha value is 0.177. The number of hydrogen-bond donors (Lipinski definition) is 0. The molecule has 0 fully saturated rings. The van der Waals surface area contributed by atoms with Crippen molar-refractivity contribution in [1.82, 2.24) is 0 Å². The van der Waals surface area contributed by atoms with Gasteiger partial charge in [-0.05, 0) is 24.7 Å². The summed E-state index contributed by atoms with van der Waals surface area (Å²) >= 11 is 0. The van der Waals surface area contributed by atoms with Crippen LogP contribution in [0.3, 0.4) is 0 Å². The summed E-state index contributed by atoms with van der Waals surface area (Å²) in [5.74, 6) is 0. The van der Waals surface area contributed by atoms with Crippen LogP contribution in [-0.4, -0.2) is 17.1 Å². The molecule has 0 unspecified atom stereocenters. The minimum absolute atomic E-state index is 0.511. The van der Waals surface area contributed by atoms with E-state index >= 15 is 0 Å². The Morgan fingerprint density at radius 2 is 0.955 bits per heavy atom. The molecule has 0 radical (unpaired) electrons. The maximum Gasteiger partial charge on any atom is 0.145 e. The van der Waals surface area contributed by atoms with Gasteiger partial charge in [-0.1, -0.05) is 97.8 Å². The monoisotopic (exact) mass is 328 g/mol. The van der Waals surface area contributed by atoms with Crippen LogP contribution in [0.1, 0.15) is 117 Å². The summed E-state index contributed by atoms with van der Waals surface area (Å²) in [6.07, 6.45) is 21.0. The van der Waals surface area contributed by atoms with E-state index < -0.39 is 0 Å². The number of rotatable bonds is 17. The molecule has 1 nitrogen and oxygen atoms in total. The van der Waals surface area contributed by atoms with Crippen molar-refractivity contribution in [3.63, 3.8) is 0 Å². The standard InChI is InChI=1S/C20H44OSi/c1-4-7-10-13-16-20(19-21-22,17-14-11-8-5-2)18-15-12-9-6-3/h4-19H2,1-3,22H3. The van der Waals surface area contributed by atoms with Crippen molar-refractivity contribution in [3.8, 4) is 0 Å². The second-order valence-electron chi connectivity index (χ2n) is 7.36. The van der Waals surface area contributed by atoms with Crippen LogP contribution >= 0.6 is 0 Å². The second-order valence-corrected chi connectivity index (χ2v) is 7.94. The van der Waals surface area contributed by atoms with Gasteiger partial charge >= 0.3 is 0 Å². The Morgan fingerprint density at radius 1 is 0.591 bits per heavy atom. The molecule has 0 amide bonds. The summed E-state index contributed by atoms with van der Waals surface area (Å²) in [5, 5.41) is 0. The second kappa shape index (κ2) is 16.0. The highest BCUT2D eigenvalue weighted by Crippen LogP contribution is 2.37. The van der Waals surface area contributed by atoms with Gasteiger partial charge in [0.2, 0.25) is 0 Å². The first-order valence-corrected chi connectivity index (χ1v) is 11.0. The van der Waals surface area contributed by atoms with Gasteiger partial charge in [-0.25, -0.2) is 0 Å². The van der Waals surface area contributed by atoms with Crippen molar-refractivity contribution in [1.29, 1.82) is 0 Å². The van der Waals surface area contributed by atoms with E-state index in [4.69, 9.17) is 4.43 Å². The van der Waals surface area contributed by atoms with E-state index in [9.17, 15) is 0 Å². The molecular weight excluding hydrogens is 284 g/mol. The van der Waals surface area contributed by atoms with Crippen molar-refractivity contribution >= 4 is 10.5 Å². The van der Waals surface area contributed by atoms with Gasteiger partial charge in [0, 0.05) is 6.61 Å². The van der Waals surface area contributed by atoms with Crippen molar-refractivity contribution < 1.29 is 4.43 Å². The number of unbranched alkanes of at least 4 members (excludes halogenated alkanes) is 9. The highest BCUT2D eigenvalue weighted by atomic mass is 28.2. The van der Waals surface area contributed by atoms with Crippen LogP contribution in [0.4, 0.5) is 0 Å². The van der Waals surface area contributed by atoms with Crippen molar-refractivity contribution in [2.24, 2.45) is 5.41 Å². The lowest BCUT2D eigenvalue weighted by Gasteiger charge is -2.34. The molecule has 134 valence electrons. The van der Waals surface area contributed by atoms with Gasteiger partial charge < -0.3 is 4.43 Å². The molecule has 0 aromatic heterocycles. The lowest BCUT2D eigenvalue weighted by molar-refractivity contribution is 0.107. The van der Waals surface area contributed by atoms with E-state index in [2.05, 4.69) is 20.8 Å². The van der Waals surface area contributed by atoms with E-state index in [1.807, 2.05) is 0 Å². The summed E-state index contributed by atoms with van der Waals surface area (Å²) in [7, 11) is 0.901. The minimum atomic E-state index is 0.511. The number of hydrogen-bond acceptors (Lipinski definition) is 1. The summed E-state index contributed by atoms with van der Waals surface area (Å²) < 4.78 is 5.82. The summed E-state index contributed by atoms with van der Waals surface area (Å²) in [5.41, 5.74) is 0.511. The zero-order chi connectivity index (χ0) is 16.5. The molecule has 0 saturated carbocycles. The molecule has 0 aliphatic carbocycles. The molecule has 0 rings (SSSR count). The predicted molar refractivity (Wildman–Crippen MR) is 105 cm³/mol. The molecule has 0 aliphatic heterocycles. The highest BCUT2D eigenvalue weighted by molar-refractivity contribution is 5.97. The molecule has 0 aromatic carbocycles. The van der Waals surface area contributed by atoms with Gasteiger partial charge in [0.15, 0.2) is 0 Å². The zero-order valence-corrected chi connectivity index (χ0v) is 18.2. The molecule has 0 bridgehead atoms. The Morgan fingerprint density at radius 3 is 1.23 bits per heavy atom. The van der Waals surface area contributed by atoms with Crippen LogP contribution in [0, 0.1) is 5.41 Å². The lowest BCUT2D eigenvalue weighted by atomic mass is 9.74. The van der Waals surface area contributed by atoms with Crippen LogP contribution in [0.25, 0.3) is 0 Å². The van der Waals surface area contributed by atoms with E-state index in [-0.39, 0.29) is 0 Å². The van der Waals surface area contributed by atoms with Crippen LogP contribution in [0.2, 0.25) is 0 Å². The summed E-state index contributed by atoms with van der Waals surface area (Å²) in [6.45, 7) is 7.97. The molecule has 0 atom stereocenters. The SMILES string of the molecule is CCCCCCC(CCCCCC)(CCCCCC)CO[SiH3]. The third kappa shape index (κ3) is 11.7. The van der Waals surface area contributed by atoms with E-state index in [1.165, 1.54) is 96.3 Å². The first-order valence-electron chi connectivity index (χ1n) is 10.2. The molecule has 0 aromatic rings. The molecule has 22 heavy (non-hydrogen) atoms. The van der Waals surface area contributed by atoms with Crippen molar-refractivity contribution in [2.75, 3.05) is 6.61 Å². The van der Waals surface area contributed by atoms with Crippen LogP contribution in [-0.2, 0) is 4.43 Å². The van der Waals surface area contributed by atoms with Crippen molar-refractivity contribution in [2.45, 2.75) is 117 Å². The molecule has 0 saturated heterocycles. The fraction of sp³-hybridized carbons (Fsp3) is 1.00. The zero-order valence-electron chi connectivity index (χ0n) is 16.2. The molecule has 0 N–H and O–H groups in total. The quantitative estimate of drug-likeness (QED) is 0.229. The molecule has 0 heterocycles. The highest BCUT2D eigenvalue weighted by Gasteiger charge is 2.28. The van der Waals surface area contributed by atoms with Gasteiger partial charge in [-0.15, -0.1) is 0 Å². The first-order chi connectivity index (χ1) is 10.7. The first kappa shape index (κ1) is 22.2. The predicted octanol–water partition coefficient (Wildman–Crippen LogP) is 6.18. The van der Waals surface area contributed by atoms with Crippen LogP contribution < -0.4 is 0 Å². The maximum absolute atomic E-state index is 5.82. The Labute approximate surface area is 144 Å². The largest absolute Gasteiger partial charge is 0.427 e. The lowest BCUT2D eigenvalue weighted by Crippen LogP contribution is -2.27. The fourth-order valence-electron chi connectivity index (χ4n) is 3.68. The van der Waals surface area contributed by atoms with Gasteiger partial charge in [0.05, 0.1) is 0 Å². The van der Waals surface area contributed by atoms with Gasteiger partial charge in [-0.3, -0.25) is 0 Å². The van der Waals surface area contributed by atoms with Gasteiger partial charge in [0.25, 0.3) is 0 Å². The average molecular weight is 329 g/mol. The third-order valence-corrected chi connectivity index (χ3v) is 5.42. The molecule has 0 aliphatic rings. The normalized spacial score (nSPS) is 12.1. The van der Waals surface area contributed by atoms with E-state index in [0.29, 0.717) is 5.41 Å². The Balaban J connectivity index is 4.39. The maximum atomic E-state index is 5.82. The minimum Gasteiger partial charge on any atom is -0.427 e. The van der Waals surface area contributed by atoms with Crippen molar-refractivity contribution in [3.05, 3.63) is 0 Å². The smallest absolute Gasteiger partial charge is 0.145 e. The van der Waals surface area contributed by atoms with E-state index in [0.717, 1.165) is 17.1 Å². The topological polar surface area (TPSA) is 9.23 Å².